The molecule has 0 spiro atoms. The van der Waals surface area contributed by atoms with Crippen LogP contribution in [0.4, 0.5) is 5.69 Å². The lowest BCUT2D eigenvalue weighted by Gasteiger charge is -2.34. The third-order valence-corrected chi connectivity index (χ3v) is 6.57. The van der Waals surface area contributed by atoms with Gasteiger partial charge in [-0.3, -0.25) is 4.79 Å². The van der Waals surface area contributed by atoms with Gasteiger partial charge in [-0.1, -0.05) is 18.2 Å². The molecule has 0 bridgehead atoms. The highest BCUT2D eigenvalue weighted by atomic mass is 32.2. The largest absolute Gasteiger partial charge is 0.483 e. The predicted molar refractivity (Wildman–Crippen MR) is 114 cm³/mol. The fourth-order valence-electron chi connectivity index (χ4n) is 3.37. The van der Waals surface area contributed by atoms with Crippen molar-refractivity contribution in [2.45, 2.75) is 4.90 Å². The van der Waals surface area contributed by atoms with Crippen LogP contribution < -0.4 is 4.90 Å². The van der Waals surface area contributed by atoms with Crippen molar-refractivity contribution >= 4 is 39.1 Å². The zero-order valence-electron chi connectivity index (χ0n) is 16.7. The van der Waals surface area contributed by atoms with Crippen molar-refractivity contribution in [3.8, 4) is 0 Å². The Kier molecular flexibility index (Phi) is 6.56. The number of aromatic nitrogens is 2. The summed E-state index contributed by atoms with van der Waals surface area (Å²) in [6.07, 6.45) is 0. The maximum atomic E-state index is 13.1. The van der Waals surface area contributed by atoms with Crippen LogP contribution in [-0.2, 0) is 14.8 Å². The van der Waals surface area contributed by atoms with Gasteiger partial charge in [0.1, 0.15) is 0 Å². The van der Waals surface area contributed by atoms with E-state index in [4.69, 9.17) is 9.90 Å². The molecule has 2 heterocycles. The molecule has 31 heavy (non-hydrogen) atoms. The molecule has 0 saturated carbocycles. The molecule has 0 atom stereocenters. The summed E-state index contributed by atoms with van der Waals surface area (Å²) in [6.45, 7) is 3.18. The lowest BCUT2D eigenvalue weighted by Crippen LogP contribution is -2.44. The van der Waals surface area contributed by atoms with Crippen LogP contribution in [0, 0.1) is 0 Å². The Morgan fingerprint density at radius 1 is 1.06 bits per heavy atom. The number of hydrogen-bond acceptors (Lipinski definition) is 7. The Labute approximate surface area is 179 Å². The van der Waals surface area contributed by atoms with E-state index < -0.39 is 16.0 Å². The first-order valence-corrected chi connectivity index (χ1v) is 10.8. The van der Waals surface area contributed by atoms with Gasteiger partial charge in [0, 0.05) is 37.3 Å². The first-order chi connectivity index (χ1) is 14.8. The summed E-state index contributed by atoms with van der Waals surface area (Å²) in [4.78, 5) is 24.4. The van der Waals surface area contributed by atoms with Crippen LogP contribution >= 0.6 is 0 Å². The van der Waals surface area contributed by atoms with Crippen molar-refractivity contribution in [2.24, 2.45) is 0 Å². The van der Waals surface area contributed by atoms with E-state index in [0.717, 1.165) is 36.0 Å². The first kappa shape index (κ1) is 22.2. The normalized spacial score (nSPS) is 14.7. The summed E-state index contributed by atoms with van der Waals surface area (Å²) in [5, 5.41) is 20.6. The monoisotopic (exact) mass is 446 g/mol. The summed E-state index contributed by atoms with van der Waals surface area (Å²) < 4.78 is 27.0. The van der Waals surface area contributed by atoms with Crippen molar-refractivity contribution in [2.75, 3.05) is 38.1 Å². The Hall–Kier alpha value is -3.44. The van der Waals surface area contributed by atoms with Gasteiger partial charge in [0.15, 0.2) is 5.69 Å². The lowest BCUT2D eigenvalue weighted by atomic mass is 10.1. The molecule has 1 aromatic heterocycles. The molecule has 11 heteroatoms. The van der Waals surface area contributed by atoms with E-state index in [9.17, 15) is 18.3 Å². The third-order valence-electron chi connectivity index (χ3n) is 4.97. The molecule has 164 valence electrons. The summed E-state index contributed by atoms with van der Waals surface area (Å²) >= 11 is 0. The molecule has 1 saturated heterocycles. The van der Waals surface area contributed by atoms with Crippen molar-refractivity contribution in [3.63, 3.8) is 0 Å². The number of likely N-dealkylation sites (N-methyl/N-ethyl adjacent to an activating group) is 1. The zero-order chi connectivity index (χ0) is 22.6. The molecule has 2 aromatic carbocycles. The lowest BCUT2D eigenvalue weighted by molar-refractivity contribution is -0.122. The molecule has 4 rings (SSSR count). The van der Waals surface area contributed by atoms with Crippen LogP contribution in [0.1, 0.15) is 10.5 Å². The summed E-state index contributed by atoms with van der Waals surface area (Å²) in [6, 6.07) is 13.0. The van der Waals surface area contributed by atoms with Gasteiger partial charge >= 0.3 is 5.97 Å². The predicted octanol–water partition coefficient (Wildman–Crippen LogP) is 1.42. The smallest absolute Gasteiger partial charge is 0.357 e. The second kappa shape index (κ2) is 9.14. The van der Waals surface area contributed by atoms with Gasteiger partial charge in [0.2, 0.25) is 0 Å². The van der Waals surface area contributed by atoms with E-state index in [2.05, 4.69) is 21.9 Å². The van der Waals surface area contributed by atoms with E-state index >= 15 is 0 Å². The summed E-state index contributed by atoms with van der Waals surface area (Å²) in [5.41, 5.74) is 0.832. The highest BCUT2D eigenvalue weighted by Gasteiger charge is 2.26. The molecule has 0 aliphatic carbocycles. The van der Waals surface area contributed by atoms with E-state index in [-0.39, 0.29) is 22.6 Å². The molecule has 10 nitrogen and oxygen atoms in total. The number of hydrogen-bond donors (Lipinski definition) is 2. The molecular weight excluding hydrogens is 424 g/mol. The Bertz CT molecular complexity index is 1190. The minimum absolute atomic E-state index is 0.0568. The number of fused-ring (bicyclic) bond motifs is 1. The number of benzene rings is 2. The van der Waals surface area contributed by atoms with Crippen molar-refractivity contribution in [1.29, 1.82) is 0 Å². The number of nitrogens with zero attached hydrogens (tertiary/aromatic N) is 4. The number of piperazine rings is 1. The Morgan fingerprint density at radius 2 is 1.68 bits per heavy atom. The highest BCUT2D eigenvalue weighted by molar-refractivity contribution is 7.90. The molecule has 0 radical (unpaired) electrons. The first-order valence-electron chi connectivity index (χ1n) is 9.37. The highest BCUT2D eigenvalue weighted by Crippen LogP contribution is 2.28. The number of aromatic carboxylic acids is 1. The third kappa shape index (κ3) is 4.52. The maximum Gasteiger partial charge on any atom is 0.357 e. The van der Waals surface area contributed by atoms with Crippen molar-refractivity contribution < 1.29 is 28.2 Å². The fraction of sp³-hybridized carbons (Fsp3) is 0.250. The van der Waals surface area contributed by atoms with Crippen LogP contribution in [0.5, 0.6) is 0 Å². The van der Waals surface area contributed by atoms with E-state index in [1.54, 1.807) is 30.3 Å². The second-order valence-corrected chi connectivity index (χ2v) is 8.68. The average molecular weight is 446 g/mol. The molecule has 1 aliphatic heterocycles. The Balaban J connectivity index is 0.000000858. The van der Waals surface area contributed by atoms with E-state index in [1.807, 2.05) is 6.07 Å². The molecule has 1 fully saturated rings. The van der Waals surface area contributed by atoms with Gasteiger partial charge in [0.25, 0.3) is 16.5 Å². The van der Waals surface area contributed by atoms with Crippen LogP contribution in [0.2, 0.25) is 0 Å². The minimum Gasteiger partial charge on any atom is -0.483 e. The molecule has 0 unspecified atom stereocenters. The SMILES string of the molecule is CN1CCN(c2ccc3c(C(=O)O)nn(S(=O)(=O)c4ccccc4)c3c2)CC1.O=CO. The summed E-state index contributed by atoms with van der Waals surface area (Å²) in [7, 11) is -1.96. The molecule has 2 N–H and O–H groups in total. The van der Waals surface area contributed by atoms with Gasteiger partial charge in [-0.2, -0.15) is 12.5 Å². The van der Waals surface area contributed by atoms with Crippen molar-refractivity contribution in [3.05, 3.63) is 54.2 Å². The van der Waals surface area contributed by atoms with Crippen molar-refractivity contribution in [1.82, 2.24) is 14.1 Å². The average Bonchev–Trinajstić information content (AvgIpc) is 3.15. The number of carbonyl (C=O) groups is 2. The van der Waals surface area contributed by atoms with E-state index in [0.29, 0.717) is 5.39 Å². The maximum absolute atomic E-state index is 13.1. The fourth-order valence-corrected chi connectivity index (χ4v) is 4.67. The zero-order valence-corrected chi connectivity index (χ0v) is 17.6. The second-order valence-electron chi connectivity index (χ2n) is 6.91. The van der Waals surface area contributed by atoms with Crippen LogP contribution in [0.3, 0.4) is 0 Å². The van der Waals surface area contributed by atoms with Crippen LogP contribution in [-0.4, -0.2) is 78.4 Å². The molecule has 1 aliphatic rings. The van der Waals surface area contributed by atoms with E-state index in [1.165, 1.54) is 12.1 Å². The number of carboxylic acid groups (broad SMARTS) is 2. The molecule has 0 amide bonds. The van der Waals surface area contributed by atoms with Crippen LogP contribution in [0.15, 0.2) is 53.4 Å². The number of carboxylic acids is 1. The van der Waals surface area contributed by atoms with Gasteiger partial charge < -0.3 is 20.0 Å². The quantitative estimate of drug-likeness (QED) is 0.571. The van der Waals surface area contributed by atoms with Gasteiger partial charge in [-0.25, -0.2) is 4.79 Å². The topological polar surface area (TPSA) is 133 Å². The minimum atomic E-state index is -4.02. The number of rotatable bonds is 4. The molecule has 3 aromatic rings. The Morgan fingerprint density at radius 3 is 2.26 bits per heavy atom. The van der Waals surface area contributed by atoms with Crippen LogP contribution in [0.25, 0.3) is 10.9 Å². The van der Waals surface area contributed by atoms with Gasteiger partial charge in [-0.05, 0) is 37.4 Å². The number of anilines is 1. The summed E-state index contributed by atoms with van der Waals surface area (Å²) in [5.74, 6) is -1.26. The van der Waals surface area contributed by atoms with Gasteiger partial charge in [0.05, 0.1) is 10.4 Å². The standard InChI is InChI=1S/C19H20N4O4S.CH2O2/c1-21-9-11-22(12-10-21)14-7-8-16-17(13-14)23(20-18(16)19(24)25)28(26,27)15-5-3-2-4-6-15;2-1-3/h2-8,13H,9-12H2,1H3,(H,24,25);1H,(H,2,3). The molecular formula is C20H22N4O6S. The van der Waals surface area contributed by atoms with Gasteiger partial charge in [-0.15, -0.1) is 5.10 Å².